The fourth-order valence-electron chi connectivity index (χ4n) is 3.06. The Morgan fingerprint density at radius 1 is 1.32 bits per heavy atom. The van der Waals surface area contributed by atoms with Crippen molar-refractivity contribution < 1.29 is 4.79 Å². The maximum atomic E-state index is 11.2. The first-order chi connectivity index (χ1) is 9.15. The molecule has 1 fully saturated rings. The minimum Gasteiger partial charge on any atom is -0.371 e. The number of rotatable bonds is 4. The molecule has 0 atom stereocenters. The average Bonchev–Trinajstić information content (AvgIpc) is 2.46. The SMILES string of the molecule is CCC1CCC(N(C)c2cc(Br)ccc2C=O)CC1. The lowest BCUT2D eigenvalue weighted by Crippen LogP contribution is -2.35. The van der Waals surface area contributed by atoms with Gasteiger partial charge in [-0.3, -0.25) is 4.79 Å². The summed E-state index contributed by atoms with van der Waals surface area (Å²) in [6.07, 6.45) is 7.36. The summed E-state index contributed by atoms with van der Waals surface area (Å²) < 4.78 is 1.03. The molecule has 3 heteroatoms. The molecule has 1 aliphatic rings. The number of halogens is 1. The molecule has 0 aromatic heterocycles. The van der Waals surface area contributed by atoms with Gasteiger partial charge in [0.25, 0.3) is 0 Å². The first-order valence-corrected chi connectivity index (χ1v) is 7.92. The molecule has 0 saturated heterocycles. The molecule has 1 aromatic rings. The van der Waals surface area contributed by atoms with Crippen LogP contribution in [0.4, 0.5) is 5.69 Å². The van der Waals surface area contributed by atoms with Gasteiger partial charge in [0.15, 0.2) is 6.29 Å². The molecular weight excluding hydrogens is 302 g/mol. The van der Waals surface area contributed by atoms with Gasteiger partial charge in [0.05, 0.1) is 0 Å². The van der Waals surface area contributed by atoms with E-state index < -0.39 is 0 Å². The van der Waals surface area contributed by atoms with Gasteiger partial charge in [-0.1, -0.05) is 29.3 Å². The number of hydrogen-bond donors (Lipinski definition) is 0. The van der Waals surface area contributed by atoms with Crippen LogP contribution in [0.5, 0.6) is 0 Å². The van der Waals surface area contributed by atoms with Gasteiger partial charge in [-0.15, -0.1) is 0 Å². The number of anilines is 1. The summed E-state index contributed by atoms with van der Waals surface area (Å²) in [7, 11) is 2.12. The lowest BCUT2D eigenvalue weighted by atomic mass is 9.84. The van der Waals surface area contributed by atoms with Crippen LogP contribution in [-0.4, -0.2) is 19.4 Å². The smallest absolute Gasteiger partial charge is 0.152 e. The Bertz CT molecular complexity index is 438. The molecule has 1 aliphatic carbocycles. The van der Waals surface area contributed by atoms with Crippen molar-refractivity contribution in [2.45, 2.75) is 45.1 Å². The number of carbonyl (C=O) groups excluding carboxylic acids is 1. The van der Waals surface area contributed by atoms with Gasteiger partial charge >= 0.3 is 0 Å². The zero-order valence-electron chi connectivity index (χ0n) is 11.7. The summed E-state index contributed by atoms with van der Waals surface area (Å²) in [6, 6.07) is 6.43. The van der Waals surface area contributed by atoms with Crippen LogP contribution in [0.1, 0.15) is 49.4 Å². The van der Waals surface area contributed by atoms with Crippen LogP contribution in [0, 0.1) is 5.92 Å². The van der Waals surface area contributed by atoms with Crippen LogP contribution in [0.2, 0.25) is 0 Å². The molecular formula is C16H22BrNO. The highest BCUT2D eigenvalue weighted by molar-refractivity contribution is 9.10. The van der Waals surface area contributed by atoms with Gasteiger partial charge in [0.1, 0.15) is 0 Å². The molecule has 2 rings (SSSR count). The van der Waals surface area contributed by atoms with E-state index in [0.717, 1.165) is 27.9 Å². The first kappa shape index (κ1) is 14.6. The Labute approximate surface area is 124 Å². The maximum Gasteiger partial charge on any atom is 0.152 e. The van der Waals surface area contributed by atoms with Gasteiger partial charge in [0, 0.05) is 28.8 Å². The molecule has 0 heterocycles. The zero-order valence-corrected chi connectivity index (χ0v) is 13.3. The second kappa shape index (κ2) is 6.56. The number of carbonyl (C=O) groups is 1. The van der Waals surface area contributed by atoms with Crippen molar-refractivity contribution in [3.05, 3.63) is 28.2 Å². The number of aldehydes is 1. The molecule has 19 heavy (non-hydrogen) atoms. The number of nitrogens with zero attached hydrogens (tertiary/aromatic N) is 1. The van der Waals surface area contributed by atoms with E-state index in [1.54, 1.807) is 0 Å². The van der Waals surface area contributed by atoms with Crippen molar-refractivity contribution in [3.63, 3.8) is 0 Å². The van der Waals surface area contributed by atoms with E-state index >= 15 is 0 Å². The highest BCUT2D eigenvalue weighted by Gasteiger charge is 2.24. The molecule has 0 aliphatic heterocycles. The lowest BCUT2D eigenvalue weighted by molar-refractivity contribution is 0.112. The standard InChI is InChI=1S/C16H22BrNO/c1-3-12-4-8-15(9-5-12)18(2)16-10-14(17)7-6-13(16)11-19/h6-7,10-12,15H,3-5,8-9H2,1-2H3. The van der Waals surface area contributed by atoms with Crippen molar-refractivity contribution in [1.29, 1.82) is 0 Å². The quantitative estimate of drug-likeness (QED) is 0.750. The van der Waals surface area contributed by atoms with E-state index in [2.05, 4.69) is 40.9 Å². The van der Waals surface area contributed by atoms with E-state index in [9.17, 15) is 4.79 Å². The highest BCUT2D eigenvalue weighted by Crippen LogP contribution is 2.33. The topological polar surface area (TPSA) is 20.3 Å². The maximum absolute atomic E-state index is 11.2. The predicted molar refractivity (Wildman–Crippen MR) is 84.0 cm³/mol. The highest BCUT2D eigenvalue weighted by atomic mass is 79.9. The van der Waals surface area contributed by atoms with Crippen LogP contribution in [0.15, 0.2) is 22.7 Å². The predicted octanol–water partition coefficient (Wildman–Crippen LogP) is 4.67. The van der Waals surface area contributed by atoms with Crippen molar-refractivity contribution >= 4 is 27.9 Å². The summed E-state index contributed by atoms with van der Waals surface area (Å²) in [5, 5.41) is 0. The second-order valence-electron chi connectivity index (χ2n) is 5.51. The van der Waals surface area contributed by atoms with Crippen LogP contribution in [0.25, 0.3) is 0 Å². The van der Waals surface area contributed by atoms with Crippen LogP contribution in [-0.2, 0) is 0 Å². The lowest BCUT2D eigenvalue weighted by Gasteiger charge is -2.36. The molecule has 0 amide bonds. The van der Waals surface area contributed by atoms with Gasteiger partial charge < -0.3 is 4.90 Å². The summed E-state index contributed by atoms with van der Waals surface area (Å²) in [5.41, 5.74) is 1.83. The fourth-order valence-corrected chi connectivity index (χ4v) is 3.41. The Balaban J connectivity index is 2.13. The molecule has 0 bridgehead atoms. The summed E-state index contributed by atoms with van der Waals surface area (Å²) in [5.74, 6) is 0.901. The molecule has 1 saturated carbocycles. The minimum atomic E-state index is 0.566. The summed E-state index contributed by atoms with van der Waals surface area (Å²) >= 11 is 3.50. The van der Waals surface area contributed by atoms with E-state index in [0.29, 0.717) is 6.04 Å². The number of benzene rings is 1. The third-order valence-corrected chi connectivity index (χ3v) is 4.93. The Morgan fingerprint density at radius 2 is 2.00 bits per heavy atom. The van der Waals surface area contributed by atoms with Crippen LogP contribution in [0.3, 0.4) is 0 Å². The molecule has 0 spiro atoms. The Hall–Kier alpha value is -0.830. The summed E-state index contributed by atoms with van der Waals surface area (Å²) in [4.78, 5) is 13.5. The second-order valence-corrected chi connectivity index (χ2v) is 6.43. The van der Waals surface area contributed by atoms with Gasteiger partial charge in [0.2, 0.25) is 0 Å². The van der Waals surface area contributed by atoms with Gasteiger partial charge in [-0.25, -0.2) is 0 Å². The van der Waals surface area contributed by atoms with Crippen molar-refractivity contribution in [2.75, 3.05) is 11.9 Å². The molecule has 2 nitrogen and oxygen atoms in total. The summed E-state index contributed by atoms with van der Waals surface area (Å²) in [6.45, 7) is 2.29. The third-order valence-electron chi connectivity index (χ3n) is 4.44. The number of hydrogen-bond acceptors (Lipinski definition) is 2. The third kappa shape index (κ3) is 3.38. The Morgan fingerprint density at radius 3 is 2.58 bits per heavy atom. The monoisotopic (exact) mass is 323 g/mol. The molecule has 104 valence electrons. The zero-order chi connectivity index (χ0) is 13.8. The normalized spacial score (nSPS) is 23.1. The van der Waals surface area contributed by atoms with E-state index in [-0.39, 0.29) is 0 Å². The molecule has 1 aromatic carbocycles. The minimum absolute atomic E-state index is 0.566. The fraction of sp³-hybridized carbons (Fsp3) is 0.562. The largest absolute Gasteiger partial charge is 0.371 e. The van der Waals surface area contributed by atoms with Gasteiger partial charge in [-0.2, -0.15) is 0 Å². The Kier molecular flexibility index (Phi) is 5.03. The van der Waals surface area contributed by atoms with E-state index in [4.69, 9.17) is 0 Å². The molecule has 0 N–H and O–H groups in total. The van der Waals surface area contributed by atoms with Crippen LogP contribution >= 0.6 is 15.9 Å². The van der Waals surface area contributed by atoms with Crippen molar-refractivity contribution in [1.82, 2.24) is 0 Å². The first-order valence-electron chi connectivity index (χ1n) is 7.13. The van der Waals surface area contributed by atoms with E-state index in [1.165, 1.54) is 32.1 Å². The molecule has 0 radical (unpaired) electrons. The van der Waals surface area contributed by atoms with Crippen molar-refractivity contribution in [3.8, 4) is 0 Å². The molecule has 0 unspecified atom stereocenters. The average molecular weight is 324 g/mol. The van der Waals surface area contributed by atoms with Gasteiger partial charge in [-0.05, 0) is 49.8 Å². The van der Waals surface area contributed by atoms with E-state index in [1.807, 2.05) is 12.1 Å². The van der Waals surface area contributed by atoms with Crippen molar-refractivity contribution in [2.24, 2.45) is 5.92 Å². The van der Waals surface area contributed by atoms with Crippen LogP contribution < -0.4 is 4.90 Å².